The normalized spacial score (nSPS) is 11.9. The first-order valence-corrected chi connectivity index (χ1v) is 5.02. The van der Waals surface area contributed by atoms with Crippen molar-refractivity contribution in [3.63, 3.8) is 0 Å². The van der Waals surface area contributed by atoms with E-state index in [2.05, 4.69) is 0 Å². The van der Waals surface area contributed by atoms with Gasteiger partial charge in [0.05, 0.1) is 0 Å². The van der Waals surface area contributed by atoms with Gasteiger partial charge in [0.25, 0.3) is 0 Å². The highest BCUT2D eigenvalue weighted by molar-refractivity contribution is 5.76. The highest BCUT2D eigenvalue weighted by atomic mass is 16.4. The Labute approximate surface area is 88.5 Å². The van der Waals surface area contributed by atoms with Gasteiger partial charge in [-0.05, 0) is 17.5 Å². The van der Waals surface area contributed by atoms with Gasteiger partial charge >= 0.3 is 5.63 Å². The largest absolute Gasteiger partial charge is 0.423 e. The lowest BCUT2D eigenvalue weighted by Gasteiger charge is -2.17. The molecule has 15 heavy (non-hydrogen) atoms. The van der Waals surface area contributed by atoms with Crippen molar-refractivity contribution >= 4 is 11.0 Å². The van der Waals surface area contributed by atoms with Gasteiger partial charge in [0.1, 0.15) is 5.58 Å². The molecular formula is C13H14O2. The second kappa shape index (κ2) is 3.23. The van der Waals surface area contributed by atoms with Crippen molar-refractivity contribution in [2.24, 2.45) is 0 Å². The Bertz CT molecular complexity index is 544. The lowest BCUT2D eigenvalue weighted by molar-refractivity contribution is 0.502. The summed E-state index contributed by atoms with van der Waals surface area (Å²) in [4.78, 5) is 11.7. The van der Waals surface area contributed by atoms with Gasteiger partial charge in [0, 0.05) is 10.9 Å². The van der Waals surface area contributed by atoms with Crippen LogP contribution in [0.25, 0.3) is 11.0 Å². The summed E-state index contributed by atoms with van der Waals surface area (Å²) in [5.41, 5.74) is 0.961. The van der Waals surface area contributed by atoms with Crippen LogP contribution in [0.1, 0.15) is 26.3 Å². The van der Waals surface area contributed by atoms with Crippen LogP contribution in [0.15, 0.2) is 39.5 Å². The minimum Gasteiger partial charge on any atom is -0.423 e. The summed E-state index contributed by atoms with van der Waals surface area (Å²) in [5.74, 6) is 0. The Balaban J connectivity index is 2.79. The summed E-state index contributed by atoms with van der Waals surface area (Å²) in [7, 11) is 0. The summed E-state index contributed by atoms with van der Waals surface area (Å²) in [6, 6.07) is 9.48. The zero-order valence-corrected chi connectivity index (χ0v) is 9.20. The predicted octanol–water partition coefficient (Wildman–Crippen LogP) is 3.09. The van der Waals surface area contributed by atoms with Gasteiger partial charge in [-0.15, -0.1) is 0 Å². The van der Waals surface area contributed by atoms with Gasteiger partial charge in [-0.1, -0.05) is 39.0 Å². The Morgan fingerprint density at radius 3 is 2.47 bits per heavy atom. The summed E-state index contributed by atoms with van der Waals surface area (Å²) in [5, 5.41) is 0.974. The van der Waals surface area contributed by atoms with E-state index in [1.165, 1.54) is 0 Å². The summed E-state index contributed by atoms with van der Waals surface area (Å²) >= 11 is 0. The van der Waals surface area contributed by atoms with E-state index in [4.69, 9.17) is 4.42 Å². The van der Waals surface area contributed by atoms with Gasteiger partial charge in [0.2, 0.25) is 0 Å². The maximum absolute atomic E-state index is 11.7. The van der Waals surface area contributed by atoms with Gasteiger partial charge < -0.3 is 4.42 Å². The molecule has 0 aliphatic heterocycles. The molecule has 0 saturated heterocycles. The summed E-state index contributed by atoms with van der Waals surface area (Å²) in [6.45, 7) is 6.02. The van der Waals surface area contributed by atoms with Crippen LogP contribution in [0.4, 0.5) is 0 Å². The molecule has 2 aromatic rings. The average molecular weight is 202 g/mol. The molecule has 0 unspecified atom stereocenters. The van der Waals surface area contributed by atoms with Crippen LogP contribution < -0.4 is 5.63 Å². The molecule has 0 N–H and O–H groups in total. The first kappa shape index (κ1) is 9.97. The predicted molar refractivity (Wildman–Crippen MR) is 61.2 cm³/mol. The monoisotopic (exact) mass is 202 g/mol. The molecule has 0 bridgehead atoms. The third-order valence-electron chi connectivity index (χ3n) is 2.45. The van der Waals surface area contributed by atoms with Crippen LogP contribution in [-0.4, -0.2) is 0 Å². The topological polar surface area (TPSA) is 30.2 Å². The van der Waals surface area contributed by atoms with E-state index in [9.17, 15) is 4.79 Å². The summed E-state index contributed by atoms with van der Waals surface area (Å²) in [6.07, 6.45) is 0. The summed E-state index contributed by atoms with van der Waals surface area (Å²) < 4.78 is 5.26. The molecule has 1 aromatic heterocycles. The fourth-order valence-electron chi connectivity index (χ4n) is 1.58. The molecule has 2 rings (SSSR count). The second-order valence-corrected chi connectivity index (χ2v) is 4.74. The van der Waals surface area contributed by atoms with Gasteiger partial charge in [-0.2, -0.15) is 0 Å². The van der Waals surface area contributed by atoms with E-state index in [0.29, 0.717) is 5.58 Å². The van der Waals surface area contributed by atoms with Crippen molar-refractivity contribution in [2.75, 3.05) is 0 Å². The lowest BCUT2D eigenvalue weighted by atomic mass is 9.88. The Morgan fingerprint density at radius 2 is 1.80 bits per heavy atom. The second-order valence-electron chi connectivity index (χ2n) is 4.74. The third kappa shape index (κ3) is 1.80. The maximum Gasteiger partial charge on any atom is 0.339 e. The molecule has 0 spiro atoms. The molecule has 1 heterocycles. The van der Waals surface area contributed by atoms with E-state index in [1.807, 2.05) is 51.1 Å². The molecule has 0 atom stereocenters. The molecule has 0 radical (unpaired) electrons. The third-order valence-corrected chi connectivity index (χ3v) is 2.45. The minimum atomic E-state index is -0.235. The number of benzene rings is 1. The lowest BCUT2D eigenvalue weighted by Crippen LogP contribution is -2.21. The molecule has 0 aliphatic carbocycles. The molecule has 0 fully saturated rings. The van der Waals surface area contributed by atoms with E-state index in [-0.39, 0.29) is 11.0 Å². The van der Waals surface area contributed by atoms with Gasteiger partial charge in [-0.25, -0.2) is 4.79 Å². The van der Waals surface area contributed by atoms with Crippen molar-refractivity contribution in [2.45, 2.75) is 26.2 Å². The molecule has 2 heteroatoms. The average Bonchev–Trinajstić information content (AvgIpc) is 2.15. The number of para-hydroxylation sites is 1. The standard InChI is InChI=1S/C13H14O2/c1-13(2,3)10-8-9-6-4-5-7-11(9)15-12(10)14/h4-8H,1-3H3. The van der Waals surface area contributed by atoms with Crippen molar-refractivity contribution < 1.29 is 4.42 Å². The fourth-order valence-corrected chi connectivity index (χ4v) is 1.58. The van der Waals surface area contributed by atoms with Crippen LogP contribution in [0, 0.1) is 0 Å². The van der Waals surface area contributed by atoms with E-state index < -0.39 is 0 Å². The number of hydrogen-bond acceptors (Lipinski definition) is 2. The Kier molecular flexibility index (Phi) is 2.14. The highest BCUT2D eigenvalue weighted by Gasteiger charge is 2.19. The molecule has 0 saturated carbocycles. The molecule has 2 nitrogen and oxygen atoms in total. The van der Waals surface area contributed by atoms with Crippen LogP contribution >= 0.6 is 0 Å². The first-order valence-electron chi connectivity index (χ1n) is 5.02. The van der Waals surface area contributed by atoms with Gasteiger partial charge in [-0.3, -0.25) is 0 Å². The van der Waals surface area contributed by atoms with Crippen molar-refractivity contribution in [3.8, 4) is 0 Å². The Morgan fingerprint density at radius 1 is 1.13 bits per heavy atom. The number of fused-ring (bicyclic) bond motifs is 1. The minimum absolute atomic E-state index is 0.176. The zero-order valence-electron chi connectivity index (χ0n) is 9.20. The SMILES string of the molecule is CC(C)(C)c1cc2ccccc2oc1=O. The maximum atomic E-state index is 11.7. The van der Waals surface area contributed by atoms with Crippen LogP contribution in [-0.2, 0) is 5.41 Å². The fraction of sp³-hybridized carbons (Fsp3) is 0.308. The quantitative estimate of drug-likeness (QED) is 0.614. The number of rotatable bonds is 0. The molecule has 0 aliphatic rings. The van der Waals surface area contributed by atoms with E-state index >= 15 is 0 Å². The van der Waals surface area contributed by atoms with Crippen molar-refractivity contribution in [1.29, 1.82) is 0 Å². The zero-order chi connectivity index (χ0) is 11.1. The van der Waals surface area contributed by atoms with Crippen LogP contribution in [0.3, 0.4) is 0 Å². The smallest absolute Gasteiger partial charge is 0.339 e. The van der Waals surface area contributed by atoms with Gasteiger partial charge in [0.15, 0.2) is 0 Å². The number of hydrogen-bond donors (Lipinski definition) is 0. The first-order chi connectivity index (χ1) is 6.98. The molecule has 1 aromatic carbocycles. The highest BCUT2D eigenvalue weighted by Crippen LogP contribution is 2.22. The molecular weight excluding hydrogens is 188 g/mol. The van der Waals surface area contributed by atoms with Crippen LogP contribution in [0.5, 0.6) is 0 Å². The van der Waals surface area contributed by atoms with Crippen LogP contribution in [0.2, 0.25) is 0 Å². The molecule has 0 amide bonds. The van der Waals surface area contributed by atoms with Crippen molar-refractivity contribution in [3.05, 3.63) is 46.3 Å². The Hall–Kier alpha value is -1.57. The van der Waals surface area contributed by atoms with E-state index in [0.717, 1.165) is 10.9 Å². The van der Waals surface area contributed by atoms with E-state index in [1.54, 1.807) is 0 Å². The van der Waals surface area contributed by atoms with Crippen molar-refractivity contribution in [1.82, 2.24) is 0 Å². The molecule has 78 valence electrons.